The average molecular weight is 685 g/mol. The van der Waals surface area contributed by atoms with E-state index in [0.29, 0.717) is 0 Å². The smallest absolute Gasteiger partial charge is 0.420 e. The Hall–Kier alpha value is -6.25. The standard InChI is InChI=1S/C34H27F3O12/c1-18(2)28(38)44-16-46-30(40)21-6-10-23(11-7-21)32(42)48-25-14-15-26(27(20(25)5)34(35,36)37)49-33(43)24-12-8-22(9-13-24)31(41)47-17-45-29(39)19(3)4/h6-15H,1,3,16-17H2,2,4-5H3. The lowest BCUT2D eigenvalue weighted by atomic mass is 10.1. The van der Waals surface area contributed by atoms with Crippen LogP contribution in [0.15, 0.2) is 85.0 Å². The quantitative estimate of drug-likeness (QED) is 0.0962. The normalized spacial score (nSPS) is 10.7. The van der Waals surface area contributed by atoms with Crippen molar-refractivity contribution in [3.63, 3.8) is 0 Å². The van der Waals surface area contributed by atoms with E-state index < -0.39 is 78.2 Å². The van der Waals surface area contributed by atoms with Gasteiger partial charge in [0.1, 0.15) is 17.1 Å². The second kappa shape index (κ2) is 16.0. The number of halogens is 3. The molecule has 0 aliphatic heterocycles. The van der Waals surface area contributed by atoms with Crippen molar-refractivity contribution in [2.45, 2.75) is 26.9 Å². The minimum Gasteiger partial charge on any atom is -0.425 e. The lowest BCUT2D eigenvalue weighted by Gasteiger charge is -2.18. The molecule has 0 saturated heterocycles. The molecule has 0 aliphatic rings. The summed E-state index contributed by atoms with van der Waals surface area (Å²) < 4.78 is 71.5. The molecule has 0 N–H and O–H groups in total. The van der Waals surface area contributed by atoms with Gasteiger partial charge in [-0.05, 0) is 81.4 Å². The van der Waals surface area contributed by atoms with Crippen molar-refractivity contribution >= 4 is 35.8 Å². The van der Waals surface area contributed by atoms with Crippen LogP contribution in [-0.4, -0.2) is 49.4 Å². The van der Waals surface area contributed by atoms with Crippen molar-refractivity contribution in [3.8, 4) is 11.5 Å². The van der Waals surface area contributed by atoms with Crippen LogP contribution < -0.4 is 9.47 Å². The molecule has 12 nitrogen and oxygen atoms in total. The Bertz CT molecular complexity index is 1810. The molecule has 3 aromatic carbocycles. The van der Waals surface area contributed by atoms with E-state index in [0.717, 1.165) is 43.3 Å². The third kappa shape index (κ3) is 10.1. The van der Waals surface area contributed by atoms with Crippen molar-refractivity contribution in [3.05, 3.63) is 118 Å². The first kappa shape index (κ1) is 37.2. The first-order valence-electron chi connectivity index (χ1n) is 13.8. The molecule has 256 valence electrons. The molecule has 0 atom stereocenters. The van der Waals surface area contributed by atoms with Gasteiger partial charge < -0.3 is 28.4 Å². The fourth-order valence-corrected chi connectivity index (χ4v) is 3.70. The number of ether oxygens (including phenoxy) is 6. The summed E-state index contributed by atoms with van der Waals surface area (Å²) in [6.45, 7) is 9.19. The molecular weight excluding hydrogens is 657 g/mol. The van der Waals surface area contributed by atoms with E-state index in [2.05, 4.69) is 22.6 Å². The van der Waals surface area contributed by atoms with Crippen LogP contribution in [0.4, 0.5) is 13.2 Å². The molecule has 0 aliphatic carbocycles. The molecular formula is C34H27F3O12. The minimum absolute atomic E-state index is 0.0270. The SMILES string of the molecule is C=C(C)C(=O)OCOC(=O)c1ccc(C(=O)Oc2ccc(OC(=O)c3ccc(C(=O)OCOC(=O)C(=C)C)cc3)c(C(F)(F)F)c2C)cc1. The number of carbonyl (C=O) groups excluding carboxylic acids is 6. The maximum atomic E-state index is 14.1. The van der Waals surface area contributed by atoms with Gasteiger partial charge in [0.2, 0.25) is 13.6 Å². The lowest BCUT2D eigenvalue weighted by molar-refractivity contribution is -0.148. The van der Waals surface area contributed by atoms with E-state index in [4.69, 9.17) is 18.9 Å². The van der Waals surface area contributed by atoms with Crippen LogP contribution in [0.1, 0.15) is 66.4 Å². The first-order valence-corrected chi connectivity index (χ1v) is 13.8. The number of carbonyl (C=O) groups is 6. The van der Waals surface area contributed by atoms with E-state index in [-0.39, 0.29) is 33.4 Å². The Balaban J connectivity index is 1.69. The van der Waals surface area contributed by atoms with Crippen LogP contribution in [0.2, 0.25) is 0 Å². The number of benzene rings is 3. The summed E-state index contributed by atoms with van der Waals surface area (Å²) in [5, 5.41) is 0. The van der Waals surface area contributed by atoms with Crippen molar-refractivity contribution in [2.75, 3.05) is 13.6 Å². The van der Waals surface area contributed by atoms with Gasteiger partial charge in [-0.15, -0.1) is 0 Å². The Morgan fingerprint density at radius 3 is 1.22 bits per heavy atom. The zero-order valence-electron chi connectivity index (χ0n) is 26.1. The summed E-state index contributed by atoms with van der Waals surface area (Å²) in [5.74, 6) is -6.97. The second-order valence-corrected chi connectivity index (χ2v) is 10.0. The molecule has 3 rings (SSSR count). The largest absolute Gasteiger partial charge is 0.425 e. The number of esters is 6. The third-order valence-corrected chi connectivity index (χ3v) is 6.24. The topological polar surface area (TPSA) is 158 Å². The highest BCUT2D eigenvalue weighted by molar-refractivity contribution is 5.96. The molecule has 0 saturated carbocycles. The van der Waals surface area contributed by atoms with E-state index in [1.807, 2.05) is 0 Å². The summed E-state index contributed by atoms with van der Waals surface area (Å²) in [6.07, 6.45) is -5.05. The molecule has 0 bridgehead atoms. The van der Waals surface area contributed by atoms with Crippen LogP contribution in [0.5, 0.6) is 11.5 Å². The maximum absolute atomic E-state index is 14.1. The van der Waals surface area contributed by atoms with Gasteiger partial charge in [0.15, 0.2) is 0 Å². The van der Waals surface area contributed by atoms with Gasteiger partial charge >= 0.3 is 42.0 Å². The molecule has 0 radical (unpaired) electrons. The zero-order valence-corrected chi connectivity index (χ0v) is 26.1. The van der Waals surface area contributed by atoms with Gasteiger partial charge in [0.25, 0.3) is 0 Å². The van der Waals surface area contributed by atoms with Crippen LogP contribution in [0.3, 0.4) is 0 Å². The summed E-state index contributed by atoms with van der Waals surface area (Å²) in [4.78, 5) is 72.4. The Morgan fingerprint density at radius 1 is 0.551 bits per heavy atom. The van der Waals surface area contributed by atoms with Gasteiger partial charge in [0, 0.05) is 16.7 Å². The first-order chi connectivity index (χ1) is 23.0. The van der Waals surface area contributed by atoms with Crippen LogP contribution in [0.25, 0.3) is 0 Å². The van der Waals surface area contributed by atoms with E-state index in [1.165, 1.54) is 38.1 Å². The maximum Gasteiger partial charge on any atom is 0.420 e. The van der Waals surface area contributed by atoms with Crippen molar-refractivity contribution in [1.82, 2.24) is 0 Å². The van der Waals surface area contributed by atoms with Gasteiger partial charge in [-0.25, -0.2) is 28.8 Å². The number of hydrogen-bond acceptors (Lipinski definition) is 12. The highest BCUT2D eigenvalue weighted by Gasteiger charge is 2.38. The highest BCUT2D eigenvalue weighted by Crippen LogP contribution is 2.42. The van der Waals surface area contributed by atoms with Crippen LogP contribution >= 0.6 is 0 Å². The molecule has 49 heavy (non-hydrogen) atoms. The van der Waals surface area contributed by atoms with Crippen molar-refractivity contribution < 1.29 is 70.4 Å². The summed E-state index contributed by atoms with van der Waals surface area (Å²) in [7, 11) is 0. The second-order valence-electron chi connectivity index (χ2n) is 10.0. The Morgan fingerprint density at radius 2 is 0.878 bits per heavy atom. The highest BCUT2D eigenvalue weighted by atomic mass is 19.4. The van der Waals surface area contributed by atoms with Gasteiger partial charge in [0.05, 0.1) is 22.3 Å². The van der Waals surface area contributed by atoms with E-state index >= 15 is 0 Å². The predicted octanol–water partition coefficient (Wildman–Crippen LogP) is 5.92. The van der Waals surface area contributed by atoms with Gasteiger partial charge in [-0.2, -0.15) is 13.2 Å². The van der Waals surface area contributed by atoms with Gasteiger partial charge in [-0.3, -0.25) is 0 Å². The number of hydrogen-bond donors (Lipinski definition) is 0. The van der Waals surface area contributed by atoms with Crippen LogP contribution in [0, 0.1) is 6.92 Å². The molecule has 0 spiro atoms. The third-order valence-electron chi connectivity index (χ3n) is 6.24. The molecule has 15 heteroatoms. The zero-order chi connectivity index (χ0) is 36.5. The number of rotatable bonds is 12. The lowest BCUT2D eigenvalue weighted by Crippen LogP contribution is -2.17. The van der Waals surface area contributed by atoms with Crippen LogP contribution in [-0.2, 0) is 34.7 Å². The van der Waals surface area contributed by atoms with E-state index in [1.54, 1.807) is 0 Å². The Labute approximate surface area is 276 Å². The molecule has 0 amide bonds. The fraction of sp³-hybridized carbons (Fsp3) is 0.176. The van der Waals surface area contributed by atoms with Crippen molar-refractivity contribution in [1.29, 1.82) is 0 Å². The summed E-state index contributed by atoms with van der Waals surface area (Å²) >= 11 is 0. The van der Waals surface area contributed by atoms with Crippen molar-refractivity contribution in [2.24, 2.45) is 0 Å². The molecule has 0 unspecified atom stereocenters. The molecule has 3 aromatic rings. The minimum atomic E-state index is -5.05. The van der Waals surface area contributed by atoms with Gasteiger partial charge in [-0.1, -0.05) is 13.2 Å². The average Bonchev–Trinajstić information content (AvgIpc) is 3.05. The molecule has 0 heterocycles. The fourth-order valence-electron chi connectivity index (χ4n) is 3.70. The molecule has 0 aromatic heterocycles. The number of alkyl halides is 3. The van der Waals surface area contributed by atoms with E-state index in [9.17, 15) is 41.9 Å². The molecule has 0 fully saturated rings. The summed E-state index contributed by atoms with van der Waals surface area (Å²) in [6, 6.07) is 11.0. The summed E-state index contributed by atoms with van der Waals surface area (Å²) in [5.41, 5.74) is -2.20. The monoisotopic (exact) mass is 684 g/mol. The predicted molar refractivity (Wildman–Crippen MR) is 161 cm³/mol. The Kier molecular flexibility index (Phi) is 12.2.